The van der Waals surface area contributed by atoms with Crippen LogP contribution >= 0.6 is 0 Å². The fraction of sp³-hybridized carbons (Fsp3) is 0.300. The van der Waals surface area contributed by atoms with Crippen LogP contribution in [0.2, 0.25) is 0 Å². The van der Waals surface area contributed by atoms with E-state index in [1.165, 1.54) is 35.7 Å². The predicted octanol–water partition coefficient (Wildman–Crippen LogP) is 1.51. The molecule has 1 aliphatic rings. The highest BCUT2D eigenvalue weighted by Crippen LogP contribution is 2.23. The van der Waals surface area contributed by atoms with Crippen LogP contribution in [-0.4, -0.2) is 64.6 Å². The van der Waals surface area contributed by atoms with E-state index in [1.807, 2.05) is 0 Å². The summed E-state index contributed by atoms with van der Waals surface area (Å²) < 4.78 is 41.9. The van der Waals surface area contributed by atoms with Gasteiger partial charge in [-0.2, -0.15) is 4.31 Å². The summed E-state index contributed by atoms with van der Waals surface area (Å²) in [6, 6.07) is 12.2. The number of carbonyl (C=O) groups is 2. The van der Waals surface area contributed by atoms with Crippen LogP contribution in [0.1, 0.15) is 10.4 Å². The Labute approximate surface area is 174 Å². The second-order valence-electron chi connectivity index (χ2n) is 6.37. The van der Waals surface area contributed by atoms with Gasteiger partial charge in [-0.15, -0.1) is 0 Å². The number of rotatable bonds is 7. The second kappa shape index (κ2) is 9.70. The first-order chi connectivity index (χ1) is 14.4. The Morgan fingerprint density at radius 2 is 1.73 bits per heavy atom. The van der Waals surface area contributed by atoms with Crippen molar-refractivity contribution >= 4 is 27.6 Å². The fourth-order valence-electron chi connectivity index (χ4n) is 2.85. The Morgan fingerprint density at radius 1 is 1.07 bits per heavy atom. The Bertz CT molecular complexity index is 1000. The summed E-state index contributed by atoms with van der Waals surface area (Å²) in [5.74, 6) is -0.783. The molecule has 0 saturated carbocycles. The van der Waals surface area contributed by atoms with Gasteiger partial charge in [0.15, 0.2) is 6.61 Å². The Morgan fingerprint density at radius 3 is 2.40 bits per heavy atom. The monoisotopic (exact) mass is 434 g/mol. The minimum Gasteiger partial charge on any atom is -0.495 e. The van der Waals surface area contributed by atoms with Gasteiger partial charge < -0.3 is 19.5 Å². The molecule has 0 aromatic heterocycles. The molecular formula is C20H22N2O7S. The van der Waals surface area contributed by atoms with Crippen LogP contribution in [0.5, 0.6) is 5.75 Å². The molecule has 0 radical (unpaired) electrons. The molecule has 10 heteroatoms. The molecule has 1 heterocycles. The van der Waals surface area contributed by atoms with Gasteiger partial charge in [0.05, 0.1) is 36.5 Å². The maximum Gasteiger partial charge on any atom is 0.338 e. The molecule has 0 bridgehead atoms. The fourth-order valence-corrected chi connectivity index (χ4v) is 4.26. The number of benzene rings is 2. The van der Waals surface area contributed by atoms with Gasteiger partial charge in [0, 0.05) is 13.1 Å². The van der Waals surface area contributed by atoms with Crippen molar-refractivity contribution < 1.29 is 32.2 Å². The Kier molecular flexibility index (Phi) is 7.03. The molecule has 160 valence electrons. The standard InChI is InChI=1S/C20H22N2O7S/c1-27-18-5-3-2-4-17(18)21-19(23)14-29-20(24)15-6-8-16(9-7-15)30(25,26)22-10-12-28-13-11-22/h2-9H,10-14H2,1H3,(H,21,23). The highest BCUT2D eigenvalue weighted by Gasteiger charge is 2.26. The van der Waals surface area contributed by atoms with Crippen LogP contribution in [-0.2, 0) is 24.3 Å². The van der Waals surface area contributed by atoms with Crippen LogP contribution in [0.25, 0.3) is 0 Å². The molecule has 0 aliphatic carbocycles. The molecule has 1 aliphatic heterocycles. The van der Waals surface area contributed by atoms with Gasteiger partial charge >= 0.3 is 5.97 Å². The molecule has 1 saturated heterocycles. The lowest BCUT2D eigenvalue weighted by atomic mass is 10.2. The van der Waals surface area contributed by atoms with Gasteiger partial charge in [0.25, 0.3) is 5.91 Å². The number of sulfonamides is 1. The quantitative estimate of drug-likeness (QED) is 0.658. The van der Waals surface area contributed by atoms with E-state index in [4.69, 9.17) is 14.2 Å². The third-order valence-corrected chi connectivity index (χ3v) is 6.33. The molecule has 1 amide bonds. The van der Waals surface area contributed by atoms with Crippen LogP contribution in [0.15, 0.2) is 53.4 Å². The van der Waals surface area contributed by atoms with Crippen molar-refractivity contribution in [1.29, 1.82) is 0 Å². The van der Waals surface area contributed by atoms with E-state index >= 15 is 0 Å². The van der Waals surface area contributed by atoms with Gasteiger partial charge in [-0.1, -0.05) is 12.1 Å². The average molecular weight is 434 g/mol. The summed E-state index contributed by atoms with van der Waals surface area (Å²) in [5.41, 5.74) is 0.597. The summed E-state index contributed by atoms with van der Waals surface area (Å²) in [4.78, 5) is 24.3. The molecule has 2 aromatic carbocycles. The topological polar surface area (TPSA) is 111 Å². The van der Waals surface area contributed by atoms with E-state index < -0.39 is 28.5 Å². The number of ether oxygens (including phenoxy) is 3. The van der Waals surface area contributed by atoms with Crippen molar-refractivity contribution in [3.8, 4) is 5.75 Å². The smallest absolute Gasteiger partial charge is 0.338 e. The summed E-state index contributed by atoms with van der Waals surface area (Å²) in [7, 11) is -2.17. The van der Waals surface area contributed by atoms with Crippen molar-refractivity contribution in [2.75, 3.05) is 45.3 Å². The lowest BCUT2D eigenvalue weighted by molar-refractivity contribution is -0.119. The van der Waals surface area contributed by atoms with Gasteiger partial charge in [-0.05, 0) is 36.4 Å². The number of anilines is 1. The third-order valence-electron chi connectivity index (χ3n) is 4.41. The van der Waals surface area contributed by atoms with Crippen LogP contribution < -0.4 is 10.1 Å². The van der Waals surface area contributed by atoms with E-state index in [2.05, 4.69) is 5.32 Å². The lowest BCUT2D eigenvalue weighted by Gasteiger charge is -2.26. The summed E-state index contributed by atoms with van der Waals surface area (Å²) in [6.07, 6.45) is 0. The average Bonchev–Trinajstić information content (AvgIpc) is 2.78. The van der Waals surface area contributed by atoms with E-state index in [1.54, 1.807) is 24.3 Å². The number of para-hydroxylation sites is 2. The number of hydrogen-bond donors (Lipinski definition) is 1. The van der Waals surface area contributed by atoms with Crippen molar-refractivity contribution in [2.45, 2.75) is 4.90 Å². The first kappa shape index (κ1) is 21.8. The molecule has 3 rings (SSSR count). The van der Waals surface area contributed by atoms with E-state index in [0.717, 1.165) is 0 Å². The predicted molar refractivity (Wildman–Crippen MR) is 108 cm³/mol. The zero-order valence-corrected chi connectivity index (χ0v) is 17.2. The van der Waals surface area contributed by atoms with E-state index in [0.29, 0.717) is 24.7 Å². The van der Waals surface area contributed by atoms with Gasteiger partial charge in [0.2, 0.25) is 10.0 Å². The number of nitrogens with zero attached hydrogens (tertiary/aromatic N) is 1. The number of hydrogen-bond acceptors (Lipinski definition) is 7. The summed E-state index contributed by atoms with van der Waals surface area (Å²) in [5, 5.41) is 2.60. The number of carbonyl (C=O) groups excluding carboxylic acids is 2. The Hall–Kier alpha value is -2.95. The lowest BCUT2D eigenvalue weighted by Crippen LogP contribution is -2.40. The third kappa shape index (κ3) is 5.15. The zero-order valence-electron chi connectivity index (χ0n) is 16.4. The minimum absolute atomic E-state index is 0.0786. The number of methoxy groups -OCH3 is 1. The van der Waals surface area contributed by atoms with Crippen molar-refractivity contribution in [2.24, 2.45) is 0 Å². The molecule has 1 fully saturated rings. The molecule has 2 aromatic rings. The van der Waals surface area contributed by atoms with Crippen LogP contribution in [0, 0.1) is 0 Å². The molecule has 0 atom stereocenters. The largest absolute Gasteiger partial charge is 0.495 e. The zero-order chi connectivity index (χ0) is 21.6. The minimum atomic E-state index is -3.65. The molecule has 0 unspecified atom stereocenters. The first-order valence-electron chi connectivity index (χ1n) is 9.20. The van der Waals surface area contributed by atoms with Gasteiger partial charge in [0.1, 0.15) is 5.75 Å². The molecular weight excluding hydrogens is 412 g/mol. The van der Waals surface area contributed by atoms with E-state index in [9.17, 15) is 18.0 Å². The van der Waals surface area contributed by atoms with Gasteiger partial charge in [-0.25, -0.2) is 13.2 Å². The van der Waals surface area contributed by atoms with Crippen molar-refractivity contribution in [3.05, 3.63) is 54.1 Å². The second-order valence-corrected chi connectivity index (χ2v) is 8.30. The maximum absolute atomic E-state index is 12.6. The van der Waals surface area contributed by atoms with Gasteiger partial charge in [-0.3, -0.25) is 4.79 Å². The number of esters is 1. The SMILES string of the molecule is COc1ccccc1NC(=O)COC(=O)c1ccc(S(=O)(=O)N2CCOCC2)cc1. The number of amides is 1. The van der Waals surface area contributed by atoms with Crippen LogP contribution in [0.3, 0.4) is 0 Å². The van der Waals surface area contributed by atoms with Crippen molar-refractivity contribution in [1.82, 2.24) is 4.31 Å². The molecule has 0 spiro atoms. The molecule has 1 N–H and O–H groups in total. The highest BCUT2D eigenvalue weighted by atomic mass is 32.2. The molecule has 30 heavy (non-hydrogen) atoms. The first-order valence-corrected chi connectivity index (χ1v) is 10.6. The summed E-state index contributed by atoms with van der Waals surface area (Å²) in [6.45, 7) is 0.771. The van der Waals surface area contributed by atoms with Crippen LogP contribution in [0.4, 0.5) is 5.69 Å². The normalized spacial score (nSPS) is 14.7. The Balaban J connectivity index is 1.57. The maximum atomic E-state index is 12.6. The summed E-state index contributed by atoms with van der Waals surface area (Å²) >= 11 is 0. The van der Waals surface area contributed by atoms with E-state index in [-0.39, 0.29) is 23.5 Å². The molecule has 9 nitrogen and oxygen atoms in total. The number of morpholine rings is 1. The number of nitrogens with one attached hydrogen (secondary N) is 1. The van der Waals surface area contributed by atoms with Crippen molar-refractivity contribution in [3.63, 3.8) is 0 Å². The highest BCUT2D eigenvalue weighted by molar-refractivity contribution is 7.89.